The molecular formula is C31H33N5O8S. The Hall–Kier alpha value is -4.82. The van der Waals surface area contributed by atoms with Gasteiger partial charge in [0.15, 0.2) is 16.9 Å². The van der Waals surface area contributed by atoms with E-state index in [9.17, 15) is 24.3 Å². The fraction of sp³-hybridized carbons (Fsp3) is 0.355. The van der Waals surface area contributed by atoms with E-state index in [4.69, 9.17) is 14.3 Å². The Labute approximate surface area is 263 Å². The number of amides is 3. The summed E-state index contributed by atoms with van der Waals surface area (Å²) in [6.45, 7) is 4.74. The zero-order valence-corrected chi connectivity index (χ0v) is 25.6. The van der Waals surface area contributed by atoms with Crippen molar-refractivity contribution in [2.75, 3.05) is 11.9 Å². The van der Waals surface area contributed by atoms with Crippen LogP contribution in [0.1, 0.15) is 56.5 Å². The first kappa shape index (κ1) is 31.6. The summed E-state index contributed by atoms with van der Waals surface area (Å²) in [7, 11) is 0. The van der Waals surface area contributed by atoms with Crippen molar-refractivity contribution in [1.82, 2.24) is 15.6 Å². The molecule has 2 atom stereocenters. The number of nitrogens with one attached hydrogen (secondary N) is 3. The van der Waals surface area contributed by atoms with Crippen molar-refractivity contribution in [2.45, 2.75) is 63.0 Å². The molecule has 0 unspecified atom stereocenters. The van der Waals surface area contributed by atoms with Gasteiger partial charge in [-0.15, -0.1) is 11.3 Å². The van der Waals surface area contributed by atoms with E-state index in [0.29, 0.717) is 12.8 Å². The maximum absolute atomic E-state index is 13.5. The van der Waals surface area contributed by atoms with E-state index in [1.807, 2.05) is 60.7 Å². The van der Waals surface area contributed by atoms with Crippen LogP contribution in [-0.4, -0.2) is 69.6 Å². The summed E-state index contributed by atoms with van der Waals surface area (Å²) in [5.41, 5.74) is -0.990. The quantitative estimate of drug-likeness (QED) is 0.107. The lowest BCUT2D eigenvalue weighted by Crippen LogP contribution is -2.70. The second kappa shape index (κ2) is 13.0. The van der Waals surface area contributed by atoms with Crippen molar-refractivity contribution in [3.8, 4) is 0 Å². The number of oxime groups is 1. The second-order valence-corrected chi connectivity index (χ2v) is 12.4. The van der Waals surface area contributed by atoms with Crippen molar-refractivity contribution < 1.29 is 38.6 Å². The molecule has 14 heteroatoms. The van der Waals surface area contributed by atoms with Gasteiger partial charge < -0.3 is 30.1 Å². The van der Waals surface area contributed by atoms with Crippen molar-refractivity contribution in [1.29, 1.82) is 0 Å². The molecule has 0 spiro atoms. The van der Waals surface area contributed by atoms with Crippen LogP contribution in [0.25, 0.3) is 0 Å². The third-order valence-corrected chi connectivity index (χ3v) is 7.64. The van der Waals surface area contributed by atoms with Gasteiger partial charge >= 0.3 is 12.1 Å². The monoisotopic (exact) mass is 635 g/mol. The average molecular weight is 636 g/mol. The van der Waals surface area contributed by atoms with Crippen LogP contribution < -0.4 is 16.0 Å². The van der Waals surface area contributed by atoms with Crippen molar-refractivity contribution >= 4 is 46.1 Å². The lowest BCUT2D eigenvalue weighted by atomic mass is 9.99. The smallest absolute Gasteiger partial charge is 0.413 e. The first-order chi connectivity index (χ1) is 21.5. The largest absolute Gasteiger partial charge is 0.450 e. The molecule has 1 saturated heterocycles. The molecule has 2 heterocycles. The Kier molecular flexibility index (Phi) is 9.16. The van der Waals surface area contributed by atoms with Gasteiger partial charge in [-0.25, -0.2) is 14.6 Å². The molecule has 2 aliphatic rings. The van der Waals surface area contributed by atoms with E-state index in [1.54, 1.807) is 20.8 Å². The number of aliphatic hydroxyl groups excluding tert-OH is 1. The summed E-state index contributed by atoms with van der Waals surface area (Å²) in [5, 5.41) is 22.6. The summed E-state index contributed by atoms with van der Waals surface area (Å²) >= 11 is 1.00. The number of hydrogen-bond acceptors (Lipinski definition) is 11. The molecule has 0 radical (unpaired) electrons. The number of β-lactam (4-membered cyclic amide) rings is 1. The molecule has 13 nitrogen and oxygen atoms in total. The van der Waals surface area contributed by atoms with Gasteiger partial charge in [-0.3, -0.25) is 14.9 Å². The van der Waals surface area contributed by atoms with E-state index in [1.165, 1.54) is 5.38 Å². The molecule has 3 amide bonds. The minimum absolute atomic E-state index is 0.0134. The van der Waals surface area contributed by atoms with Gasteiger partial charge in [0.05, 0.1) is 12.6 Å². The van der Waals surface area contributed by atoms with Gasteiger partial charge in [0.1, 0.15) is 17.3 Å². The number of benzene rings is 2. The maximum atomic E-state index is 13.5. The van der Waals surface area contributed by atoms with Crippen LogP contribution in [0.15, 0.2) is 71.2 Å². The molecule has 3 aromatic rings. The van der Waals surface area contributed by atoms with Crippen LogP contribution in [0.5, 0.6) is 0 Å². The Morgan fingerprint density at radius 2 is 1.71 bits per heavy atom. The van der Waals surface area contributed by atoms with E-state index in [-0.39, 0.29) is 23.1 Å². The first-order valence-corrected chi connectivity index (χ1v) is 15.1. The number of aromatic nitrogens is 1. The molecule has 1 aromatic heterocycles. The summed E-state index contributed by atoms with van der Waals surface area (Å²) in [4.78, 5) is 61.2. The first-order valence-electron chi connectivity index (χ1n) is 14.2. The lowest BCUT2D eigenvalue weighted by molar-refractivity contribution is -0.164. The predicted octanol–water partition coefficient (Wildman–Crippen LogP) is 3.05. The standard InChI is InChI=1S/C31H33N5O8S/c1-30(2,3)43-29(41)35-28-33-21(17-45-28)23(26(39)34-22-20(16-37)32-25(22)38)36-44-31(14-15-31)27(40)42-24(18-10-6-4-7-11-18)19-12-8-5-9-13-19/h4-13,17,20,22,24,37H,14-16H2,1-3H3,(H,32,38)(H,34,39)(H,33,35,41)/t20-,22+/m1/s1. The molecule has 45 heavy (non-hydrogen) atoms. The molecule has 236 valence electrons. The van der Waals surface area contributed by atoms with E-state index >= 15 is 0 Å². The Morgan fingerprint density at radius 1 is 1.09 bits per heavy atom. The zero-order valence-electron chi connectivity index (χ0n) is 24.8. The molecule has 5 rings (SSSR count). The Balaban J connectivity index is 1.37. The summed E-state index contributed by atoms with van der Waals surface area (Å²) in [6, 6.07) is 16.8. The van der Waals surface area contributed by atoms with Crippen LogP contribution in [0, 0.1) is 0 Å². The number of esters is 1. The van der Waals surface area contributed by atoms with Crippen molar-refractivity contribution in [3.63, 3.8) is 0 Å². The highest BCUT2D eigenvalue weighted by atomic mass is 32.1. The minimum Gasteiger partial charge on any atom is -0.450 e. The third kappa shape index (κ3) is 7.64. The van der Waals surface area contributed by atoms with Gasteiger partial charge in [0.2, 0.25) is 11.5 Å². The molecule has 0 bridgehead atoms. The molecule has 1 saturated carbocycles. The Bertz CT molecular complexity index is 1540. The van der Waals surface area contributed by atoms with E-state index in [0.717, 1.165) is 22.5 Å². The number of rotatable bonds is 11. The minimum atomic E-state index is -1.44. The number of nitrogens with zero attached hydrogens (tertiary/aromatic N) is 2. The van der Waals surface area contributed by atoms with E-state index in [2.05, 4.69) is 26.1 Å². The third-order valence-electron chi connectivity index (χ3n) is 6.88. The predicted molar refractivity (Wildman–Crippen MR) is 163 cm³/mol. The summed E-state index contributed by atoms with van der Waals surface area (Å²) in [6.07, 6.45) is -0.868. The number of anilines is 1. The molecular weight excluding hydrogens is 602 g/mol. The SMILES string of the molecule is CC(C)(C)OC(=O)Nc1nc(C(=NOC2(C(=O)OC(c3ccccc3)c3ccccc3)CC2)C(=O)N[C@@H]2C(=O)N[C@@H]2CO)cs1. The Morgan fingerprint density at radius 3 is 2.24 bits per heavy atom. The van der Waals surface area contributed by atoms with Gasteiger partial charge in [-0.1, -0.05) is 65.8 Å². The van der Waals surface area contributed by atoms with Gasteiger partial charge in [0.25, 0.3) is 5.91 Å². The second-order valence-electron chi connectivity index (χ2n) is 11.5. The number of aliphatic hydroxyl groups is 1. The molecule has 1 aliphatic carbocycles. The van der Waals surface area contributed by atoms with Crippen LogP contribution in [0.4, 0.5) is 9.93 Å². The van der Waals surface area contributed by atoms with Gasteiger partial charge in [0, 0.05) is 18.2 Å². The number of carbonyl (C=O) groups excluding carboxylic acids is 4. The highest BCUT2D eigenvalue weighted by molar-refractivity contribution is 7.14. The summed E-state index contributed by atoms with van der Waals surface area (Å²) < 4.78 is 11.2. The van der Waals surface area contributed by atoms with Gasteiger partial charge in [-0.05, 0) is 31.9 Å². The molecule has 2 fully saturated rings. The molecule has 4 N–H and O–H groups in total. The van der Waals surface area contributed by atoms with Crippen molar-refractivity contribution in [2.24, 2.45) is 5.16 Å². The van der Waals surface area contributed by atoms with Gasteiger partial charge in [-0.2, -0.15) is 0 Å². The molecule has 2 aromatic carbocycles. The number of ether oxygens (including phenoxy) is 2. The maximum Gasteiger partial charge on any atom is 0.413 e. The van der Waals surface area contributed by atoms with Crippen LogP contribution in [0.3, 0.4) is 0 Å². The molecule has 1 aliphatic heterocycles. The highest BCUT2D eigenvalue weighted by Gasteiger charge is 2.56. The number of carbonyl (C=O) groups is 4. The topological polar surface area (TPSA) is 178 Å². The summed E-state index contributed by atoms with van der Waals surface area (Å²) in [5.74, 6) is -1.98. The fourth-order valence-corrected chi connectivity index (χ4v) is 5.06. The van der Waals surface area contributed by atoms with Crippen LogP contribution in [0.2, 0.25) is 0 Å². The van der Waals surface area contributed by atoms with Crippen LogP contribution >= 0.6 is 11.3 Å². The fourth-order valence-electron chi connectivity index (χ4n) is 4.38. The average Bonchev–Trinajstić information content (AvgIpc) is 3.67. The van der Waals surface area contributed by atoms with Crippen LogP contribution in [-0.2, 0) is 28.7 Å². The normalized spacial score (nSPS) is 18.7. The van der Waals surface area contributed by atoms with E-state index < -0.39 is 53.3 Å². The zero-order chi connectivity index (χ0) is 32.2. The lowest BCUT2D eigenvalue weighted by Gasteiger charge is -2.35. The highest BCUT2D eigenvalue weighted by Crippen LogP contribution is 2.43. The number of thiazole rings is 1. The van der Waals surface area contributed by atoms with Crippen molar-refractivity contribution in [3.05, 3.63) is 82.9 Å². The number of hydrogen-bond donors (Lipinski definition) is 4.